The van der Waals surface area contributed by atoms with Gasteiger partial charge in [0, 0.05) is 28.6 Å². The van der Waals surface area contributed by atoms with Crippen molar-refractivity contribution in [3.05, 3.63) is 100.0 Å². The molecule has 0 aliphatic heterocycles. The number of Topliss-reactive ketones (excluding diaryl/α,β-unsaturated/α-hetero) is 1. The Morgan fingerprint density at radius 2 is 1.97 bits per heavy atom. The maximum atomic E-state index is 15.1. The van der Waals surface area contributed by atoms with Gasteiger partial charge in [0.2, 0.25) is 5.78 Å². The number of carbonyl (C=O) groups is 1. The Kier molecular flexibility index (Phi) is 6.81. The molecule has 9 heteroatoms. The van der Waals surface area contributed by atoms with Gasteiger partial charge in [0.25, 0.3) is 0 Å². The van der Waals surface area contributed by atoms with E-state index in [2.05, 4.69) is 16.9 Å². The number of rotatable bonds is 9. The monoisotopic (exact) mass is 453 g/mol. The average Bonchev–Trinajstić information content (AvgIpc) is 2.83. The van der Waals surface area contributed by atoms with Gasteiger partial charge in [-0.05, 0) is 19.1 Å². The highest BCUT2D eigenvalue weighted by Gasteiger charge is 2.41. The van der Waals surface area contributed by atoms with Crippen molar-refractivity contribution in [3.8, 4) is 0 Å². The van der Waals surface area contributed by atoms with Crippen LogP contribution in [0.1, 0.15) is 22.8 Å². The van der Waals surface area contributed by atoms with Crippen molar-refractivity contribution in [3.63, 3.8) is 0 Å². The molecule has 0 saturated heterocycles. The summed E-state index contributed by atoms with van der Waals surface area (Å²) >= 11 is 0. The van der Waals surface area contributed by atoms with E-state index in [-0.39, 0.29) is 28.7 Å². The molecule has 0 aliphatic carbocycles. The van der Waals surface area contributed by atoms with E-state index in [4.69, 9.17) is 4.74 Å². The Balaban J connectivity index is 2.12. The molecule has 7 nitrogen and oxygen atoms in total. The number of alkyl halides is 2. The van der Waals surface area contributed by atoms with Crippen LogP contribution >= 0.6 is 0 Å². The minimum absolute atomic E-state index is 0.00179. The Morgan fingerprint density at radius 1 is 1.27 bits per heavy atom. The first-order valence-corrected chi connectivity index (χ1v) is 9.86. The van der Waals surface area contributed by atoms with Crippen LogP contribution in [0.15, 0.2) is 78.7 Å². The molecule has 0 fully saturated rings. The molecule has 0 unspecified atom stereocenters. The van der Waals surface area contributed by atoms with Crippen LogP contribution in [-0.4, -0.2) is 29.3 Å². The zero-order valence-electron chi connectivity index (χ0n) is 18.0. The number of methoxy groups -OCH3 is 1. The molecule has 170 valence electrons. The van der Waals surface area contributed by atoms with Crippen molar-refractivity contribution >= 4 is 28.1 Å². The van der Waals surface area contributed by atoms with E-state index in [0.29, 0.717) is 11.3 Å². The Labute approximate surface area is 188 Å². The fraction of sp³-hybridized carbons (Fsp3) is 0.167. The van der Waals surface area contributed by atoms with Gasteiger partial charge < -0.3 is 10.1 Å². The number of benzene rings is 2. The number of hydrogen-bond acceptors (Lipinski definition) is 6. The van der Waals surface area contributed by atoms with Gasteiger partial charge in [0.15, 0.2) is 0 Å². The van der Waals surface area contributed by atoms with Crippen molar-refractivity contribution in [1.29, 1.82) is 0 Å². The summed E-state index contributed by atoms with van der Waals surface area (Å²) in [6.45, 7) is 5.49. The second-order valence-electron chi connectivity index (χ2n) is 7.12. The fourth-order valence-electron chi connectivity index (χ4n) is 3.26. The average molecular weight is 453 g/mol. The predicted octanol–water partition coefficient (Wildman–Crippen LogP) is 5.64. The zero-order valence-corrected chi connectivity index (χ0v) is 18.0. The molecule has 0 amide bonds. The number of halogens is 2. The van der Waals surface area contributed by atoms with E-state index in [1.165, 1.54) is 43.5 Å². The molecule has 1 heterocycles. The molecule has 2 aromatic carbocycles. The van der Waals surface area contributed by atoms with Crippen molar-refractivity contribution in [1.82, 2.24) is 4.98 Å². The third-order valence-corrected chi connectivity index (χ3v) is 5.19. The lowest BCUT2D eigenvalue weighted by atomic mass is 9.97. The van der Waals surface area contributed by atoms with Gasteiger partial charge in [-0.15, -0.1) is 0 Å². The second kappa shape index (κ2) is 9.56. The Morgan fingerprint density at radius 3 is 2.58 bits per heavy atom. The first-order chi connectivity index (χ1) is 15.7. The van der Waals surface area contributed by atoms with E-state index < -0.39 is 27.9 Å². The lowest BCUT2D eigenvalue weighted by Crippen LogP contribution is -2.26. The molecule has 3 aromatic rings. The van der Waals surface area contributed by atoms with Crippen molar-refractivity contribution < 1.29 is 23.2 Å². The quantitative estimate of drug-likeness (QED) is 0.148. The summed E-state index contributed by atoms with van der Waals surface area (Å²) in [6.07, 6.45) is 2.58. The molecule has 0 radical (unpaired) electrons. The van der Waals surface area contributed by atoms with Crippen LogP contribution in [0.3, 0.4) is 0 Å². The fourth-order valence-corrected chi connectivity index (χ4v) is 3.26. The van der Waals surface area contributed by atoms with Gasteiger partial charge in [-0.1, -0.05) is 49.1 Å². The summed E-state index contributed by atoms with van der Waals surface area (Å²) in [7, 11) is 1.47. The number of nitro groups is 1. The Bertz CT molecular complexity index is 1260. The third kappa shape index (κ3) is 4.72. The highest BCUT2D eigenvalue weighted by molar-refractivity contribution is 6.03. The standard InChI is InChI=1S/C24H21F2N3O4/c1-4-16(15(2)33-3)13-28-22-19-12-18(10-11-20(19)27-14-21(22)29(31)32)24(25,26)23(30)17-8-6-5-7-9-17/h4-12,14H,1,13H2,2-3H3,(H,27,28)/b16-15-. The minimum atomic E-state index is -3.85. The molecule has 0 spiro atoms. The van der Waals surface area contributed by atoms with Crippen LogP contribution in [-0.2, 0) is 10.7 Å². The molecular formula is C24H21F2N3O4. The predicted molar refractivity (Wildman–Crippen MR) is 121 cm³/mol. The topological polar surface area (TPSA) is 94.4 Å². The summed E-state index contributed by atoms with van der Waals surface area (Å²) in [4.78, 5) is 27.5. The SMILES string of the molecule is C=C/C(CNc1c([N+](=O)[O-])cnc2ccc(C(F)(F)C(=O)c3ccccc3)cc12)=C(\C)OC. The van der Waals surface area contributed by atoms with E-state index in [1.54, 1.807) is 13.0 Å². The largest absolute Gasteiger partial charge is 0.501 e. The molecule has 0 atom stereocenters. The first-order valence-electron chi connectivity index (χ1n) is 9.86. The number of nitrogens with zero attached hydrogens (tertiary/aromatic N) is 2. The van der Waals surface area contributed by atoms with Gasteiger partial charge in [-0.25, -0.2) is 4.98 Å². The molecule has 0 bridgehead atoms. The van der Waals surface area contributed by atoms with E-state index in [9.17, 15) is 14.9 Å². The molecule has 0 aliphatic rings. The number of aromatic nitrogens is 1. The number of nitrogens with one attached hydrogen (secondary N) is 1. The van der Waals surface area contributed by atoms with Gasteiger partial charge in [-0.2, -0.15) is 8.78 Å². The maximum Gasteiger partial charge on any atom is 0.334 e. The Hall–Kier alpha value is -4.14. The lowest BCUT2D eigenvalue weighted by molar-refractivity contribution is -0.384. The number of ether oxygens (including phenoxy) is 1. The van der Waals surface area contributed by atoms with E-state index in [0.717, 1.165) is 18.3 Å². The third-order valence-electron chi connectivity index (χ3n) is 5.19. The summed E-state index contributed by atoms with van der Waals surface area (Å²) < 4.78 is 35.4. The highest BCUT2D eigenvalue weighted by Crippen LogP contribution is 2.37. The number of pyridine rings is 1. The van der Waals surface area contributed by atoms with Crippen molar-refractivity contribution in [2.45, 2.75) is 12.8 Å². The zero-order chi connectivity index (χ0) is 24.2. The maximum absolute atomic E-state index is 15.1. The summed E-state index contributed by atoms with van der Waals surface area (Å²) in [5.41, 5.74) is -0.260. The van der Waals surface area contributed by atoms with Crippen molar-refractivity contribution in [2.24, 2.45) is 0 Å². The number of fused-ring (bicyclic) bond motifs is 1. The number of carbonyl (C=O) groups excluding carboxylic acids is 1. The normalized spacial score (nSPS) is 12.1. The van der Waals surface area contributed by atoms with Crippen LogP contribution in [0.5, 0.6) is 0 Å². The molecular weight excluding hydrogens is 432 g/mol. The highest BCUT2D eigenvalue weighted by atomic mass is 19.3. The van der Waals surface area contributed by atoms with E-state index in [1.807, 2.05) is 0 Å². The van der Waals surface area contributed by atoms with Crippen LogP contribution in [0.4, 0.5) is 20.2 Å². The second-order valence-corrected chi connectivity index (χ2v) is 7.12. The smallest absolute Gasteiger partial charge is 0.334 e. The molecule has 1 N–H and O–H groups in total. The number of allylic oxidation sites excluding steroid dienone is 1. The van der Waals surface area contributed by atoms with E-state index >= 15 is 8.78 Å². The number of ketones is 1. The summed E-state index contributed by atoms with van der Waals surface area (Å²) in [5.74, 6) is -4.68. The van der Waals surface area contributed by atoms with Gasteiger partial charge >= 0.3 is 11.6 Å². The number of anilines is 1. The summed E-state index contributed by atoms with van der Waals surface area (Å²) in [5, 5.41) is 14.6. The lowest BCUT2D eigenvalue weighted by Gasteiger charge is -2.17. The van der Waals surface area contributed by atoms with Crippen molar-refractivity contribution in [2.75, 3.05) is 19.0 Å². The molecule has 33 heavy (non-hydrogen) atoms. The van der Waals surface area contributed by atoms with Crippen LogP contribution in [0.25, 0.3) is 10.9 Å². The van der Waals surface area contributed by atoms with Gasteiger partial charge in [-0.3, -0.25) is 14.9 Å². The van der Waals surface area contributed by atoms with Crippen LogP contribution in [0, 0.1) is 10.1 Å². The molecule has 3 rings (SSSR count). The first kappa shape index (κ1) is 23.5. The molecule has 1 aromatic heterocycles. The van der Waals surface area contributed by atoms with Gasteiger partial charge in [0.1, 0.15) is 11.9 Å². The summed E-state index contributed by atoms with van der Waals surface area (Å²) in [6, 6.07) is 10.7. The molecule has 0 saturated carbocycles. The number of hydrogen-bond donors (Lipinski definition) is 1. The minimum Gasteiger partial charge on any atom is -0.501 e. The van der Waals surface area contributed by atoms with Gasteiger partial charge in [0.05, 0.1) is 23.3 Å². The van der Waals surface area contributed by atoms with Crippen LogP contribution < -0.4 is 5.32 Å². The van der Waals surface area contributed by atoms with Crippen LogP contribution in [0.2, 0.25) is 0 Å².